The van der Waals surface area contributed by atoms with Crippen LogP contribution in [0.15, 0.2) is 73.3 Å². The Hall–Kier alpha value is -4.46. The Labute approximate surface area is 209 Å². The van der Waals surface area contributed by atoms with Crippen molar-refractivity contribution < 1.29 is 23.8 Å². The number of hydrogen-bond acceptors (Lipinski definition) is 7. The van der Waals surface area contributed by atoms with Gasteiger partial charge < -0.3 is 19.5 Å². The quantitative estimate of drug-likeness (QED) is 0.340. The fraction of sp³-hybridized carbons (Fsp3) is 0.214. The van der Waals surface area contributed by atoms with Gasteiger partial charge >= 0.3 is 0 Å². The summed E-state index contributed by atoms with van der Waals surface area (Å²) in [7, 11) is 3.09. The van der Waals surface area contributed by atoms with Gasteiger partial charge in [-0.3, -0.25) is 19.6 Å². The number of Topliss-reactive ketones (excluding diaryl/α,β-unsaturated/α-hetero) is 1. The van der Waals surface area contributed by atoms with E-state index in [0.717, 1.165) is 5.39 Å². The third-order valence-electron chi connectivity index (χ3n) is 5.56. The molecule has 1 amide bonds. The maximum atomic E-state index is 13.9. The first kappa shape index (κ1) is 24.7. The number of nitrogens with one attached hydrogen (secondary N) is 1. The van der Waals surface area contributed by atoms with E-state index in [1.165, 1.54) is 13.3 Å². The Morgan fingerprint density at radius 2 is 1.61 bits per heavy atom. The molecule has 1 atom stereocenters. The number of hydrogen-bond donors (Lipinski definition) is 1. The first-order valence-corrected chi connectivity index (χ1v) is 11.4. The van der Waals surface area contributed by atoms with E-state index in [0.29, 0.717) is 39.3 Å². The molecule has 8 heteroatoms. The molecule has 4 aromatic rings. The van der Waals surface area contributed by atoms with Gasteiger partial charge in [-0.2, -0.15) is 0 Å². The minimum Gasteiger partial charge on any atom is -0.493 e. The zero-order chi connectivity index (χ0) is 25.7. The highest BCUT2D eigenvalue weighted by molar-refractivity contribution is 6.07. The Bertz CT molecular complexity index is 1390. The summed E-state index contributed by atoms with van der Waals surface area (Å²) < 4.78 is 16.7. The van der Waals surface area contributed by atoms with Gasteiger partial charge in [-0.1, -0.05) is 12.1 Å². The van der Waals surface area contributed by atoms with Gasteiger partial charge in [0.25, 0.3) is 5.91 Å². The molecule has 1 N–H and O–H groups in total. The van der Waals surface area contributed by atoms with E-state index < -0.39 is 11.9 Å². The lowest BCUT2D eigenvalue weighted by Crippen LogP contribution is -2.34. The maximum Gasteiger partial charge on any atom is 0.253 e. The van der Waals surface area contributed by atoms with Crippen molar-refractivity contribution in [3.63, 3.8) is 0 Å². The molecule has 2 aromatic heterocycles. The molecule has 0 fully saturated rings. The van der Waals surface area contributed by atoms with E-state index in [9.17, 15) is 9.59 Å². The number of fused-ring (bicyclic) bond motifs is 1. The summed E-state index contributed by atoms with van der Waals surface area (Å²) in [4.78, 5) is 35.4. The zero-order valence-corrected chi connectivity index (χ0v) is 20.5. The summed E-state index contributed by atoms with van der Waals surface area (Å²) >= 11 is 0. The average Bonchev–Trinajstić information content (AvgIpc) is 2.90. The van der Waals surface area contributed by atoms with E-state index in [2.05, 4.69) is 15.3 Å². The Balaban J connectivity index is 1.83. The third kappa shape index (κ3) is 5.27. The number of aromatic nitrogens is 2. The molecule has 1 unspecified atom stereocenters. The van der Waals surface area contributed by atoms with Crippen molar-refractivity contribution in [1.29, 1.82) is 0 Å². The van der Waals surface area contributed by atoms with Crippen molar-refractivity contribution in [2.45, 2.75) is 26.0 Å². The molecule has 2 aromatic carbocycles. The van der Waals surface area contributed by atoms with Crippen LogP contribution >= 0.6 is 0 Å². The lowest BCUT2D eigenvalue weighted by molar-refractivity contribution is 0.0857. The van der Waals surface area contributed by atoms with Crippen LogP contribution in [0.5, 0.6) is 17.2 Å². The standard InChI is InChI=1S/C28H27N3O5/c1-17(2)36-21-9-5-7-18(11-21)27(32)26(31-28(33)19-8-6-10-29-14-19)23-16-30-15-20-12-24(34-3)25(35-4)13-22(20)23/h5-17,26H,1-4H3,(H,31,33). The molecule has 0 saturated carbocycles. The second-order valence-electron chi connectivity index (χ2n) is 8.36. The van der Waals surface area contributed by atoms with Gasteiger partial charge in [-0.05, 0) is 55.6 Å². The normalized spacial score (nSPS) is 11.7. The van der Waals surface area contributed by atoms with Crippen LogP contribution in [0, 0.1) is 0 Å². The van der Waals surface area contributed by atoms with Crippen molar-refractivity contribution in [3.05, 3.63) is 90.0 Å². The number of benzene rings is 2. The van der Waals surface area contributed by atoms with E-state index >= 15 is 0 Å². The van der Waals surface area contributed by atoms with Crippen molar-refractivity contribution >= 4 is 22.5 Å². The molecular formula is C28H27N3O5. The second kappa shape index (κ2) is 10.9. The van der Waals surface area contributed by atoms with Crippen LogP contribution in [0.2, 0.25) is 0 Å². The number of ether oxygens (including phenoxy) is 3. The molecule has 4 rings (SSSR count). The predicted octanol–water partition coefficient (Wildman–Crippen LogP) is 4.79. The Morgan fingerprint density at radius 3 is 2.31 bits per heavy atom. The maximum absolute atomic E-state index is 13.9. The lowest BCUT2D eigenvalue weighted by Gasteiger charge is -2.21. The second-order valence-corrected chi connectivity index (χ2v) is 8.36. The molecule has 0 saturated heterocycles. The molecule has 36 heavy (non-hydrogen) atoms. The van der Waals surface area contributed by atoms with Gasteiger partial charge in [0, 0.05) is 41.3 Å². The van der Waals surface area contributed by atoms with Crippen LogP contribution in [-0.4, -0.2) is 42.0 Å². The number of carbonyl (C=O) groups is 2. The monoisotopic (exact) mass is 485 g/mol. The highest BCUT2D eigenvalue weighted by atomic mass is 16.5. The minimum absolute atomic E-state index is 0.0545. The van der Waals surface area contributed by atoms with Crippen molar-refractivity contribution in [3.8, 4) is 17.2 Å². The fourth-order valence-corrected chi connectivity index (χ4v) is 3.91. The predicted molar refractivity (Wildman–Crippen MR) is 136 cm³/mol. The Kier molecular flexibility index (Phi) is 7.44. The molecule has 2 heterocycles. The topological polar surface area (TPSA) is 99.6 Å². The number of ketones is 1. The van der Waals surface area contributed by atoms with E-state index in [-0.39, 0.29) is 11.9 Å². The Morgan fingerprint density at radius 1 is 0.861 bits per heavy atom. The highest BCUT2D eigenvalue weighted by Crippen LogP contribution is 2.36. The minimum atomic E-state index is -1.04. The van der Waals surface area contributed by atoms with Gasteiger partial charge in [-0.25, -0.2) is 0 Å². The molecule has 0 radical (unpaired) electrons. The number of pyridine rings is 2. The van der Waals surface area contributed by atoms with E-state index in [1.807, 2.05) is 13.8 Å². The van der Waals surface area contributed by atoms with Crippen LogP contribution in [0.4, 0.5) is 0 Å². The molecule has 184 valence electrons. The van der Waals surface area contributed by atoms with Crippen LogP contribution in [0.3, 0.4) is 0 Å². The molecule has 8 nitrogen and oxygen atoms in total. The molecule has 0 spiro atoms. The molecule has 0 aliphatic heterocycles. The summed E-state index contributed by atoms with van der Waals surface area (Å²) in [6, 6.07) is 12.7. The van der Waals surface area contributed by atoms with Crippen LogP contribution < -0.4 is 19.5 Å². The summed E-state index contributed by atoms with van der Waals surface area (Å²) in [5, 5.41) is 4.31. The first-order valence-electron chi connectivity index (χ1n) is 11.4. The zero-order valence-electron chi connectivity index (χ0n) is 20.5. The average molecular weight is 486 g/mol. The number of amides is 1. The smallest absolute Gasteiger partial charge is 0.253 e. The molecule has 0 aliphatic carbocycles. The largest absolute Gasteiger partial charge is 0.493 e. The van der Waals surface area contributed by atoms with E-state index in [1.54, 1.807) is 74.2 Å². The van der Waals surface area contributed by atoms with Crippen LogP contribution in [0.25, 0.3) is 10.8 Å². The fourth-order valence-electron chi connectivity index (χ4n) is 3.91. The summed E-state index contributed by atoms with van der Waals surface area (Å²) in [6.07, 6.45) is 6.22. The number of rotatable bonds is 9. The number of nitrogens with zero attached hydrogens (tertiary/aromatic N) is 2. The van der Waals surface area contributed by atoms with Crippen LogP contribution in [0.1, 0.15) is 46.2 Å². The van der Waals surface area contributed by atoms with E-state index in [4.69, 9.17) is 14.2 Å². The van der Waals surface area contributed by atoms with Crippen LogP contribution in [-0.2, 0) is 0 Å². The SMILES string of the molecule is COc1cc2cncc(C(NC(=O)c3cccnc3)C(=O)c3cccc(OC(C)C)c3)c2cc1OC. The molecular weight excluding hydrogens is 458 g/mol. The number of methoxy groups -OCH3 is 2. The molecule has 0 aliphatic rings. The van der Waals surface area contributed by atoms with Gasteiger partial charge in [0.15, 0.2) is 17.3 Å². The summed E-state index contributed by atoms with van der Waals surface area (Å²) in [6.45, 7) is 3.82. The molecule has 0 bridgehead atoms. The van der Waals surface area contributed by atoms with Gasteiger partial charge in [0.2, 0.25) is 0 Å². The van der Waals surface area contributed by atoms with Crippen molar-refractivity contribution in [2.24, 2.45) is 0 Å². The summed E-state index contributed by atoms with van der Waals surface area (Å²) in [5.41, 5.74) is 1.24. The highest BCUT2D eigenvalue weighted by Gasteiger charge is 2.28. The van der Waals surface area contributed by atoms with Gasteiger partial charge in [0.05, 0.1) is 25.9 Å². The summed E-state index contributed by atoms with van der Waals surface area (Å²) in [5.74, 6) is 0.842. The number of carbonyl (C=O) groups excluding carboxylic acids is 2. The van der Waals surface area contributed by atoms with Crippen molar-refractivity contribution in [2.75, 3.05) is 14.2 Å². The lowest BCUT2D eigenvalue weighted by atomic mass is 9.94. The van der Waals surface area contributed by atoms with Crippen molar-refractivity contribution in [1.82, 2.24) is 15.3 Å². The van der Waals surface area contributed by atoms with Gasteiger partial charge in [-0.15, -0.1) is 0 Å². The van der Waals surface area contributed by atoms with Gasteiger partial charge in [0.1, 0.15) is 11.8 Å². The first-order chi connectivity index (χ1) is 17.4. The third-order valence-corrected chi connectivity index (χ3v) is 5.56.